The van der Waals surface area contributed by atoms with Crippen LogP contribution < -0.4 is 24.3 Å². The molecule has 0 saturated heterocycles. The van der Waals surface area contributed by atoms with Crippen molar-refractivity contribution in [2.24, 2.45) is 0 Å². The Morgan fingerprint density at radius 1 is 0.968 bits per heavy atom. The Morgan fingerprint density at radius 2 is 1.58 bits per heavy atom. The fraction of sp³-hybridized carbons (Fsp3) is 0.458. The van der Waals surface area contributed by atoms with Crippen molar-refractivity contribution in [2.45, 2.75) is 38.4 Å². The lowest BCUT2D eigenvalue weighted by molar-refractivity contribution is -0.123. The minimum Gasteiger partial charge on any atom is -0.497 e. The van der Waals surface area contributed by atoms with Crippen molar-refractivity contribution in [1.82, 2.24) is 10.2 Å². The van der Waals surface area contributed by atoms with Crippen molar-refractivity contribution in [3.63, 3.8) is 0 Å². The molecule has 0 aliphatic heterocycles. The summed E-state index contributed by atoms with van der Waals surface area (Å²) in [4.78, 5) is 15.1. The van der Waals surface area contributed by atoms with E-state index >= 15 is 0 Å². The monoisotopic (exact) mass is 428 g/mol. The van der Waals surface area contributed by atoms with Gasteiger partial charge >= 0.3 is 0 Å². The van der Waals surface area contributed by atoms with Gasteiger partial charge in [0.2, 0.25) is 5.91 Å². The molecular formula is C24H32N2O5. The van der Waals surface area contributed by atoms with E-state index in [0.717, 1.165) is 41.2 Å². The van der Waals surface area contributed by atoms with Gasteiger partial charge in [0, 0.05) is 23.7 Å². The van der Waals surface area contributed by atoms with Crippen LogP contribution in [0.3, 0.4) is 0 Å². The minimum absolute atomic E-state index is 0.0360. The number of nitrogens with zero attached hydrogens (tertiary/aromatic N) is 1. The molecule has 1 amide bonds. The maximum Gasteiger partial charge on any atom is 0.234 e. The third kappa shape index (κ3) is 5.82. The van der Waals surface area contributed by atoms with Crippen LogP contribution >= 0.6 is 0 Å². The average molecular weight is 429 g/mol. The van der Waals surface area contributed by atoms with Gasteiger partial charge in [-0.1, -0.05) is 0 Å². The van der Waals surface area contributed by atoms with Crippen LogP contribution in [0.5, 0.6) is 23.0 Å². The zero-order valence-electron chi connectivity index (χ0n) is 18.9. The Labute approximate surface area is 184 Å². The summed E-state index contributed by atoms with van der Waals surface area (Å²) < 4.78 is 21.7. The molecule has 1 saturated carbocycles. The Morgan fingerprint density at radius 3 is 2.16 bits per heavy atom. The van der Waals surface area contributed by atoms with Gasteiger partial charge in [-0.05, 0) is 56.2 Å². The smallest absolute Gasteiger partial charge is 0.234 e. The summed E-state index contributed by atoms with van der Waals surface area (Å²) in [5.41, 5.74) is 1.88. The third-order valence-electron chi connectivity index (χ3n) is 5.55. The molecule has 0 aromatic heterocycles. The molecule has 0 heterocycles. The molecule has 7 nitrogen and oxygen atoms in total. The molecule has 2 aromatic rings. The Hall–Kier alpha value is -2.93. The van der Waals surface area contributed by atoms with Crippen LogP contribution in [0.1, 0.15) is 36.9 Å². The van der Waals surface area contributed by atoms with Gasteiger partial charge in [-0.2, -0.15) is 0 Å². The van der Waals surface area contributed by atoms with E-state index in [4.69, 9.17) is 18.9 Å². The standard InChI is InChI=1S/C24H32N2O5/c1-16(21-13-20(29-3)9-11-23(21)31-5)25-24(27)15-26(18-6-7-18)14-17-12-19(28-2)8-10-22(17)30-4/h8-13,16,18H,6-7,14-15H2,1-5H3,(H,25,27). The van der Waals surface area contributed by atoms with Gasteiger partial charge in [0.1, 0.15) is 23.0 Å². The summed E-state index contributed by atoms with van der Waals surface area (Å²) in [6.45, 7) is 2.87. The Balaban J connectivity index is 1.70. The van der Waals surface area contributed by atoms with Crippen molar-refractivity contribution in [3.05, 3.63) is 47.5 Å². The van der Waals surface area contributed by atoms with E-state index < -0.39 is 0 Å². The average Bonchev–Trinajstić information content (AvgIpc) is 3.63. The van der Waals surface area contributed by atoms with Gasteiger partial charge in [0.15, 0.2) is 0 Å². The first-order valence-electron chi connectivity index (χ1n) is 10.4. The highest BCUT2D eigenvalue weighted by Gasteiger charge is 2.31. The van der Waals surface area contributed by atoms with Gasteiger partial charge in [-0.15, -0.1) is 0 Å². The number of methoxy groups -OCH3 is 4. The zero-order chi connectivity index (χ0) is 22.4. The van der Waals surface area contributed by atoms with Crippen LogP contribution in [-0.4, -0.2) is 51.8 Å². The number of carbonyl (C=O) groups is 1. The van der Waals surface area contributed by atoms with Gasteiger partial charge < -0.3 is 24.3 Å². The normalized spacial score (nSPS) is 14.1. The molecule has 31 heavy (non-hydrogen) atoms. The Bertz CT molecular complexity index is 898. The number of rotatable bonds is 11. The maximum atomic E-state index is 12.9. The highest BCUT2D eigenvalue weighted by molar-refractivity contribution is 5.78. The second-order valence-electron chi connectivity index (χ2n) is 7.71. The van der Waals surface area contributed by atoms with Gasteiger partial charge in [-0.3, -0.25) is 9.69 Å². The summed E-state index contributed by atoms with van der Waals surface area (Å²) in [5.74, 6) is 2.97. The molecule has 1 unspecified atom stereocenters. The van der Waals surface area contributed by atoms with E-state index in [0.29, 0.717) is 24.9 Å². The number of carbonyl (C=O) groups excluding carboxylic acids is 1. The SMILES string of the molecule is COc1ccc(OC)c(CN(CC(=O)NC(C)c2cc(OC)ccc2OC)C2CC2)c1. The molecule has 1 N–H and O–H groups in total. The van der Waals surface area contributed by atoms with Gasteiger partial charge in [0.25, 0.3) is 0 Å². The molecule has 7 heteroatoms. The van der Waals surface area contributed by atoms with E-state index in [2.05, 4.69) is 10.2 Å². The first kappa shape index (κ1) is 22.7. The van der Waals surface area contributed by atoms with Crippen molar-refractivity contribution in [1.29, 1.82) is 0 Å². The molecular weight excluding hydrogens is 396 g/mol. The van der Waals surface area contributed by atoms with Crippen LogP contribution in [-0.2, 0) is 11.3 Å². The molecule has 1 atom stereocenters. The maximum absolute atomic E-state index is 12.9. The molecule has 1 fully saturated rings. The van der Waals surface area contributed by atoms with E-state index in [9.17, 15) is 4.79 Å². The lowest BCUT2D eigenvalue weighted by Gasteiger charge is -2.24. The van der Waals surface area contributed by atoms with Crippen LogP contribution in [0.2, 0.25) is 0 Å². The summed E-state index contributed by atoms with van der Waals surface area (Å²) in [7, 11) is 6.54. The molecule has 0 spiro atoms. The van der Waals surface area contributed by atoms with Crippen LogP contribution in [0, 0.1) is 0 Å². The Kier molecular flexibility index (Phi) is 7.63. The molecule has 0 radical (unpaired) electrons. The second-order valence-corrected chi connectivity index (χ2v) is 7.71. The number of hydrogen-bond acceptors (Lipinski definition) is 6. The zero-order valence-corrected chi connectivity index (χ0v) is 18.9. The van der Waals surface area contributed by atoms with Crippen molar-refractivity contribution in [3.8, 4) is 23.0 Å². The summed E-state index contributed by atoms with van der Waals surface area (Å²) in [6, 6.07) is 11.5. The predicted octanol–water partition coefficient (Wildman–Crippen LogP) is 3.56. The highest BCUT2D eigenvalue weighted by Crippen LogP contribution is 2.32. The molecule has 1 aliphatic carbocycles. The van der Waals surface area contributed by atoms with Gasteiger partial charge in [-0.25, -0.2) is 0 Å². The fourth-order valence-electron chi connectivity index (χ4n) is 3.71. The summed E-state index contributed by atoms with van der Waals surface area (Å²) in [6.07, 6.45) is 2.19. The van der Waals surface area contributed by atoms with E-state index in [1.807, 2.05) is 43.3 Å². The predicted molar refractivity (Wildman–Crippen MR) is 119 cm³/mol. The first-order valence-corrected chi connectivity index (χ1v) is 10.4. The van der Waals surface area contributed by atoms with Crippen LogP contribution in [0.25, 0.3) is 0 Å². The summed E-state index contributed by atoms with van der Waals surface area (Å²) in [5, 5.41) is 3.10. The molecule has 0 bridgehead atoms. The van der Waals surface area contributed by atoms with E-state index in [1.54, 1.807) is 28.4 Å². The number of ether oxygens (including phenoxy) is 4. The molecule has 1 aliphatic rings. The van der Waals surface area contributed by atoms with E-state index in [1.165, 1.54) is 0 Å². The molecule has 2 aromatic carbocycles. The van der Waals surface area contributed by atoms with Crippen molar-refractivity contribution >= 4 is 5.91 Å². The fourth-order valence-corrected chi connectivity index (χ4v) is 3.71. The molecule has 168 valence electrons. The lowest BCUT2D eigenvalue weighted by atomic mass is 10.1. The quantitative estimate of drug-likeness (QED) is 0.590. The summed E-state index contributed by atoms with van der Waals surface area (Å²) >= 11 is 0. The number of hydrogen-bond donors (Lipinski definition) is 1. The number of nitrogens with one attached hydrogen (secondary N) is 1. The number of amides is 1. The minimum atomic E-state index is -0.218. The van der Waals surface area contributed by atoms with Crippen molar-refractivity contribution in [2.75, 3.05) is 35.0 Å². The highest BCUT2D eigenvalue weighted by atomic mass is 16.5. The van der Waals surface area contributed by atoms with Gasteiger partial charge in [0.05, 0.1) is 41.0 Å². The van der Waals surface area contributed by atoms with Crippen LogP contribution in [0.15, 0.2) is 36.4 Å². The third-order valence-corrected chi connectivity index (χ3v) is 5.55. The number of benzene rings is 2. The van der Waals surface area contributed by atoms with Crippen LogP contribution in [0.4, 0.5) is 0 Å². The lowest BCUT2D eigenvalue weighted by Crippen LogP contribution is -2.39. The second kappa shape index (κ2) is 10.4. The first-order chi connectivity index (χ1) is 15.0. The topological polar surface area (TPSA) is 69.3 Å². The van der Waals surface area contributed by atoms with Crippen molar-refractivity contribution < 1.29 is 23.7 Å². The largest absolute Gasteiger partial charge is 0.497 e. The molecule has 3 rings (SSSR count). The van der Waals surface area contributed by atoms with E-state index in [-0.39, 0.29) is 11.9 Å².